The molecule has 0 amide bonds. The zero-order valence-corrected chi connectivity index (χ0v) is 9.28. The molecule has 1 aliphatic heterocycles. The Morgan fingerprint density at radius 3 is 2.92 bits per heavy atom. The second kappa shape index (κ2) is 4.19. The van der Waals surface area contributed by atoms with E-state index in [4.69, 9.17) is 17.9 Å². The predicted molar refractivity (Wildman–Crippen MR) is 55.4 cm³/mol. The smallest absolute Gasteiger partial charge is 0.0608 e. The Balaban J connectivity index is 2.34. The van der Waals surface area contributed by atoms with Crippen molar-refractivity contribution in [1.82, 2.24) is 0 Å². The Hall–Kier alpha value is 0.570. The summed E-state index contributed by atoms with van der Waals surface area (Å²) in [4.78, 5) is 9.45. The lowest BCUT2D eigenvalue weighted by molar-refractivity contribution is 0.0916. The summed E-state index contributed by atoms with van der Waals surface area (Å²) in [5.41, 5.74) is 0. The van der Waals surface area contributed by atoms with Gasteiger partial charge in [0.05, 0.1) is 13.7 Å². The molecule has 1 rings (SSSR count). The number of hydrogen-bond acceptors (Lipinski definition) is 2. The van der Waals surface area contributed by atoms with Crippen LogP contribution in [0.1, 0.15) is 21.1 Å². The van der Waals surface area contributed by atoms with E-state index in [9.17, 15) is 4.89 Å². The van der Waals surface area contributed by atoms with Gasteiger partial charge >= 0.3 is 0 Å². The molecule has 0 aliphatic carbocycles. The summed E-state index contributed by atoms with van der Waals surface area (Å²) in [7, 11) is 0. The van der Waals surface area contributed by atoms with E-state index in [1.807, 2.05) is 0 Å². The van der Waals surface area contributed by atoms with E-state index < -0.39 is 6.26 Å². The molecule has 1 N–H and O–H groups in total. The molecule has 0 aromatic rings. The van der Waals surface area contributed by atoms with E-state index in [0.29, 0.717) is 12.1 Å². The van der Waals surface area contributed by atoms with Gasteiger partial charge in [-0.05, 0) is 25.4 Å². The van der Waals surface area contributed by atoms with Crippen LogP contribution >= 0.6 is 6.26 Å². The van der Waals surface area contributed by atoms with Crippen molar-refractivity contribution in [2.24, 2.45) is 5.92 Å². The lowest BCUT2D eigenvalue weighted by atomic mass is 10.0. The molecule has 1 saturated heterocycles. The summed E-state index contributed by atoms with van der Waals surface area (Å²) in [6, 6.07) is 0. The molecule has 12 heavy (non-hydrogen) atoms. The molecule has 0 bridgehead atoms. The van der Waals surface area contributed by atoms with Crippen molar-refractivity contribution in [2.75, 3.05) is 19.4 Å². The summed E-state index contributed by atoms with van der Waals surface area (Å²) in [6.07, 6.45) is 0.349. The van der Waals surface area contributed by atoms with Crippen LogP contribution in [0.4, 0.5) is 0 Å². The molecule has 4 heteroatoms. The van der Waals surface area contributed by atoms with Crippen LogP contribution in [0.2, 0.25) is 0 Å². The van der Waals surface area contributed by atoms with Crippen LogP contribution in [0.15, 0.2) is 0 Å². The highest BCUT2D eigenvalue weighted by Crippen LogP contribution is 2.38. The lowest BCUT2D eigenvalue weighted by Crippen LogP contribution is -2.14. The molecule has 4 atom stereocenters. The van der Waals surface area contributed by atoms with Gasteiger partial charge in [-0.2, -0.15) is 0 Å². The van der Waals surface area contributed by atoms with Gasteiger partial charge in [0.1, 0.15) is 0 Å². The highest BCUT2D eigenvalue weighted by Gasteiger charge is 2.24. The minimum Gasteiger partial charge on any atom is -0.378 e. The van der Waals surface area contributed by atoms with Gasteiger partial charge in [-0.15, -0.1) is 0 Å². The highest BCUT2D eigenvalue weighted by molar-refractivity contribution is 8.11. The Morgan fingerprint density at radius 1 is 1.83 bits per heavy atom. The average Bonchev–Trinajstić information content (AvgIpc) is 2.24. The third kappa shape index (κ3) is 3.53. The van der Waals surface area contributed by atoms with Crippen LogP contribution < -0.4 is 0 Å². The molecule has 1 fully saturated rings. The summed E-state index contributed by atoms with van der Waals surface area (Å²) >= 11 is 4.95. The first-order valence-corrected chi connectivity index (χ1v) is 7.64. The van der Waals surface area contributed by atoms with Gasteiger partial charge in [-0.1, -0.05) is 18.7 Å². The molecule has 1 unspecified atom stereocenters. The Labute approximate surface area is 80.8 Å². The fourth-order valence-corrected chi connectivity index (χ4v) is 2.39. The molecular formula is C8H17O2PS. The molecule has 1 heterocycles. The van der Waals surface area contributed by atoms with Crippen LogP contribution in [0, 0.1) is 5.92 Å². The van der Waals surface area contributed by atoms with E-state index in [1.54, 1.807) is 6.66 Å². The minimum atomic E-state index is -2.07. The predicted octanol–water partition coefficient (Wildman–Crippen LogP) is 1.82. The fraction of sp³-hybridized carbons (Fsp3) is 1.00. The van der Waals surface area contributed by atoms with Crippen LogP contribution in [-0.2, 0) is 16.5 Å². The largest absolute Gasteiger partial charge is 0.378 e. The van der Waals surface area contributed by atoms with Gasteiger partial charge in [-0.3, -0.25) is 0 Å². The number of ether oxygens (including phenoxy) is 1. The summed E-state index contributed by atoms with van der Waals surface area (Å²) in [6.45, 7) is 3.46. The second-order valence-electron chi connectivity index (χ2n) is 3.62. The quantitative estimate of drug-likeness (QED) is 0.720. The van der Waals surface area contributed by atoms with Gasteiger partial charge in [0, 0.05) is 12.7 Å². The SMILES string of the molecule is [3H][C@@H]1C[C@@H](C)[C@@H](CCP(C)(O)=S)O1. The molecule has 0 aromatic heterocycles. The van der Waals surface area contributed by atoms with Crippen LogP contribution in [-0.4, -0.2) is 30.4 Å². The summed E-state index contributed by atoms with van der Waals surface area (Å²) < 4.78 is 12.8. The van der Waals surface area contributed by atoms with Crippen molar-refractivity contribution in [3.63, 3.8) is 0 Å². The second-order valence-corrected chi connectivity index (χ2v) is 8.53. The monoisotopic (exact) mass is 210 g/mol. The number of hydrogen-bond donors (Lipinski definition) is 1. The standard InChI is InChI=1S/C8H17O2PS/c1-7-3-5-10-8(7)4-6-11(2,9)12/h7-8H,3-6H2,1-2H3,(H,9,12)/t7-,8-,11?/m1/s1/i5T/t5-,7-,8-,11?. The molecule has 0 saturated carbocycles. The van der Waals surface area contributed by atoms with Gasteiger partial charge in [0.2, 0.25) is 0 Å². The first-order chi connectivity index (χ1) is 5.88. The van der Waals surface area contributed by atoms with Crippen LogP contribution in [0.3, 0.4) is 0 Å². The average molecular weight is 210 g/mol. The van der Waals surface area contributed by atoms with Crippen molar-refractivity contribution in [1.29, 1.82) is 0 Å². The first kappa shape index (κ1) is 9.14. The third-order valence-electron chi connectivity index (χ3n) is 2.20. The van der Waals surface area contributed by atoms with E-state index in [-0.39, 0.29) is 12.7 Å². The van der Waals surface area contributed by atoms with E-state index >= 15 is 0 Å². The topological polar surface area (TPSA) is 29.5 Å². The molecule has 2 nitrogen and oxygen atoms in total. The normalized spacial score (nSPS) is 42.2. The van der Waals surface area contributed by atoms with Gasteiger partial charge < -0.3 is 9.63 Å². The maximum absolute atomic E-state index is 9.45. The Kier molecular flexibility index (Phi) is 3.19. The maximum atomic E-state index is 9.45. The maximum Gasteiger partial charge on any atom is 0.0608 e. The van der Waals surface area contributed by atoms with Crippen LogP contribution in [0.5, 0.6) is 0 Å². The van der Waals surface area contributed by atoms with Gasteiger partial charge in [0.15, 0.2) is 0 Å². The summed E-state index contributed by atoms with van der Waals surface area (Å²) in [5.74, 6) is 0.434. The molecule has 0 radical (unpaired) electrons. The zero-order chi connectivity index (χ0) is 10.1. The molecule has 72 valence electrons. The Morgan fingerprint density at radius 2 is 2.50 bits per heavy atom. The molecule has 0 aromatic carbocycles. The van der Waals surface area contributed by atoms with Crippen molar-refractivity contribution in [2.45, 2.75) is 25.9 Å². The number of rotatable bonds is 3. The van der Waals surface area contributed by atoms with E-state index in [2.05, 4.69) is 6.92 Å². The van der Waals surface area contributed by atoms with Crippen molar-refractivity contribution in [3.05, 3.63) is 0 Å². The lowest BCUT2D eigenvalue weighted by Gasteiger charge is -2.16. The fourth-order valence-electron chi connectivity index (χ4n) is 1.34. The van der Waals surface area contributed by atoms with Crippen molar-refractivity contribution < 1.29 is 11.0 Å². The molecule has 1 aliphatic rings. The summed E-state index contributed by atoms with van der Waals surface area (Å²) in [5, 5.41) is 0. The first-order valence-electron chi connectivity index (χ1n) is 4.83. The Bertz CT molecular complexity index is 218. The minimum absolute atomic E-state index is 0.136. The van der Waals surface area contributed by atoms with E-state index in [1.165, 1.54) is 0 Å². The van der Waals surface area contributed by atoms with Gasteiger partial charge in [-0.25, -0.2) is 0 Å². The molecule has 0 spiro atoms. The van der Waals surface area contributed by atoms with Crippen molar-refractivity contribution in [3.8, 4) is 0 Å². The van der Waals surface area contributed by atoms with Crippen molar-refractivity contribution >= 4 is 18.1 Å². The van der Waals surface area contributed by atoms with Gasteiger partial charge in [0.25, 0.3) is 0 Å². The zero-order valence-electron chi connectivity index (χ0n) is 8.56. The molecular weight excluding hydrogens is 191 g/mol. The highest BCUT2D eigenvalue weighted by atomic mass is 32.4. The third-order valence-corrected chi connectivity index (χ3v) is 3.84. The van der Waals surface area contributed by atoms with Crippen LogP contribution in [0.25, 0.3) is 0 Å². The van der Waals surface area contributed by atoms with E-state index in [0.717, 1.165) is 12.8 Å².